The van der Waals surface area contributed by atoms with Crippen molar-refractivity contribution >= 4 is 22.8 Å². The number of halogens is 6. The first-order chi connectivity index (χ1) is 12.5. The Bertz CT molecular complexity index is 991. The van der Waals surface area contributed by atoms with Gasteiger partial charge in [0.25, 0.3) is 0 Å². The van der Waals surface area contributed by atoms with Crippen molar-refractivity contribution in [2.75, 3.05) is 5.75 Å². The monoisotopic (exact) mass is 405 g/mol. The molecule has 0 atom stereocenters. The van der Waals surface area contributed by atoms with Gasteiger partial charge in [0.15, 0.2) is 5.82 Å². The van der Waals surface area contributed by atoms with Crippen LogP contribution in [0.5, 0.6) is 0 Å². The van der Waals surface area contributed by atoms with Gasteiger partial charge in [0.1, 0.15) is 5.69 Å². The summed E-state index contributed by atoms with van der Waals surface area (Å²) >= 11 is 1.16. The van der Waals surface area contributed by atoms with E-state index >= 15 is 0 Å². The summed E-state index contributed by atoms with van der Waals surface area (Å²) in [6, 6.07) is 4.12. The zero-order chi connectivity index (χ0) is 20.0. The normalized spacial score (nSPS) is 12.7. The second kappa shape index (κ2) is 6.74. The molecule has 2 heterocycles. The fourth-order valence-corrected chi connectivity index (χ4v) is 3.42. The molecule has 0 aliphatic carbocycles. The molecule has 0 aliphatic heterocycles. The lowest BCUT2D eigenvalue weighted by molar-refractivity contribution is -0.138. The minimum Gasteiger partial charge on any atom is -0.326 e. The third kappa shape index (κ3) is 3.76. The number of fused-ring (bicyclic) bond motifs is 1. The second-order valence-electron chi connectivity index (χ2n) is 5.70. The summed E-state index contributed by atoms with van der Waals surface area (Å²) in [4.78, 5) is 8.38. The molecule has 1 aromatic carbocycles. The molecule has 2 aromatic heterocycles. The van der Waals surface area contributed by atoms with Crippen molar-refractivity contribution in [1.29, 1.82) is 0 Å². The molecule has 0 saturated carbocycles. The van der Waals surface area contributed by atoms with Crippen molar-refractivity contribution in [2.45, 2.75) is 24.2 Å². The van der Waals surface area contributed by atoms with Crippen molar-refractivity contribution in [3.05, 3.63) is 41.6 Å². The van der Waals surface area contributed by atoms with Crippen LogP contribution < -0.4 is 0 Å². The Labute approximate surface area is 154 Å². The SMILES string of the molecule is CCSc1cc(C(F)(F)F)cnc1-c1nc2cc(C(F)(F)F)ccc2n1C. The molecule has 0 amide bonds. The van der Waals surface area contributed by atoms with Crippen LogP contribution in [0.2, 0.25) is 0 Å². The maximum atomic E-state index is 13.0. The van der Waals surface area contributed by atoms with Crippen molar-refractivity contribution < 1.29 is 26.3 Å². The first-order valence-corrected chi connectivity index (χ1v) is 8.75. The molecular formula is C17H13F6N3S. The lowest BCUT2D eigenvalue weighted by atomic mass is 10.2. The van der Waals surface area contributed by atoms with Crippen LogP contribution >= 0.6 is 11.8 Å². The molecule has 144 valence electrons. The third-order valence-corrected chi connectivity index (χ3v) is 4.81. The molecule has 0 N–H and O–H groups in total. The standard InChI is InChI=1S/C17H13F6N3S/c1-3-27-13-7-10(17(21,22)23)8-24-14(13)15-25-11-6-9(16(18,19)20)4-5-12(11)26(15)2/h4-8H,3H2,1-2H3. The predicted molar refractivity (Wildman–Crippen MR) is 90.3 cm³/mol. The van der Waals surface area contributed by atoms with Crippen LogP contribution in [0.3, 0.4) is 0 Å². The van der Waals surface area contributed by atoms with Crippen LogP contribution in [-0.4, -0.2) is 20.3 Å². The predicted octanol–water partition coefficient (Wildman–Crippen LogP) is 5.78. The first kappa shape index (κ1) is 19.5. The highest BCUT2D eigenvalue weighted by Gasteiger charge is 2.33. The van der Waals surface area contributed by atoms with Crippen LogP contribution in [0.1, 0.15) is 18.1 Å². The van der Waals surface area contributed by atoms with E-state index in [9.17, 15) is 26.3 Å². The minimum atomic E-state index is -4.54. The second-order valence-corrected chi connectivity index (χ2v) is 7.00. The number of nitrogens with zero attached hydrogens (tertiary/aromatic N) is 3. The highest BCUT2D eigenvalue weighted by molar-refractivity contribution is 7.99. The molecule has 0 spiro atoms. The topological polar surface area (TPSA) is 30.7 Å². The summed E-state index contributed by atoms with van der Waals surface area (Å²) in [5, 5.41) is 0. The van der Waals surface area contributed by atoms with E-state index in [2.05, 4.69) is 9.97 Å². The molecule has 0 radical (unpaired) electrons. The van der Waals surface area contributed by atoms with Crippen molar-refractivity contribution in [2.24, 2.45) is 7.05 Å². The largest absolute Gasteiger partial charge is 0.417 e. The molecule has 3 aromatic rings. The number of thioether (sulfide) groups is 1. The van der Waals surface area contributed by atoms with Gasteiger partial charge in [-0.15, -0.1) is 11.8 Å². The number of alkyl halides is 6. The number of aromatic nitrogens is 3. The zero-order valence-electron chi connectivity index (χ0n) is 14.1. The Kier molecular flexibility index (Phi) is 4.87. The highest BCUT2D eigenvalue weighted by Crippen LogP contribution is 2.37. The highest BCUT2D eigenvalue weighted by atomic mass is 32.2. The Hall–Kier alpha value is -2.23. The summed E-state index contributed by atoms with van der Waals surface area (Å²) in [5.41, 5.74) is -1.02. The van der Waals surface area contributed by atoms with Gasteiger partial charge in [0.05, 0.1) is 22.2 Å². The van der Waals surface area contributed by atoms with E-state index in [1.807, 2.05) is 0 Å². The van der Waals surface area contributed by atoms with Gasteiger partial charge in [-0.05, 0) is 30.0 Å². The third-order valence-electron chi connectivity index (χ3n) is 3.90. The maximum Gasteiger partial charge on any atom is 0.417 e. The minimum absolute atomic E-state index is 0.0940. The quantitative estimate of drug-likeness (QED) is 0.409. The summed E-state index contributed by atoms with van der Waals surface area (Å²) in [7, 11) is 1.58. The van der Waals surface area contributed by atoms with E-state index < -0.39 is 23.5 Å². The van der Waals surface area contributed by atoms with Crippen LogP contribution in [0.15, 0.2) is 35.4 Å². The molecule has 3 nitrogen and oxygen atoms in total. The fourth-order valence-electron chi connectivity index (χ4n) is 2.62. The van der Waals surface area contributed by atoms with E-state index in [-0.39, 0.29) is 21.9 Å². The fraction of sp³-hybridized carbons (Fsp3) is 0.294. The number of hydrogen-bond acceptors (Lipinski definition) is 3. The first-order valence-electron chi connectivity index (χ1n) is 7.76. The van der Waals surface area contributed by atoms with Gasteiger partial charge in [-0.25, -0.2) is 4.98 Å². The van der Waals surface area contributed by atoms with Crippen LogP contribution in [-0.2, 0) is 19.4 Å². The molecule has 3 rings (SSSR count). The van der Waals surface area contributed by atoms with Gasteiger partial charge in [0.2, 0.25) is 0 Å². The van der Waals surface area contributed by atoms with Crippen LogP contribution in [0.25, 0.3) is 22.6 Å². The molecule has 27 heavy (non-hydrogen) atoms. The Balaban J connectivity index is 2.18. The number of hydrogen-bond donors (Lipinski definition) is 0. The molecule has 0 fully saturated rings. The van der Waals surface area contributed by atoms with E-state index in [0.29, 0.717) is 17.5 Å². The lowest BCUT2D eigenvalue weighted by Gasteiger charge is -2.12. The smallest absolute Gasteiger partial charge is 0.326 e. The molecule has 0 unspecified atom stereocenters. The Morgan fingerprint density at radius 3 is 2.26 bits per heavy atom. The number of rotatable bonds is 3. The van der Waals surface area contributed by atoms with Gasteiger partial charge in [-0.1, -0.05) is 6.92 Å². The van der Waals surface area contributed by atoms with Gasteiger partial charge >= 0.3 is 12.4 Å². The number of pyridine rings is 1. The maximum absolute atomic E-state index is 13.0. The molecule has 0 aliphatic rings. The summed E-state index contributed by atoms with van der Waals surface area (Å²) in [6.07, 6.45) is -8.35. The van der Waals surface area contributed by atoms with Crippen molar-refractivity contribution in [3.8, 4) is 11.5 Å². The molecular weight excluding hydrogens is 392 g/mol. The van der Waals surface area contributed by atoms with Gasteiger partial charge < -0.3 is 4.57 Å². The summed E-state index contributed by atoms with van der Waals surface area (Å²) in [5.74, 6) is 0.701. The number of aryl methyl sites for hydroxylation is 1. The van der Waals surface area contributed by atoms with Crippen molar-refractivity contribution in [3.63, 3.8) is 0 Å². The molecule has 0 bridgehead atoms. The van der Waals surface area contributed by atoms with Gasteiger partial charge in [0, 0.05) is 18.1 Å². The van der Waals surface area contributed by atoms with E-state index in [1.54, 1.807) is 14.0 Å². The van der Waals surface area contributed by atoms with Crippen molar-refractivity contribution in [1.82, 2.24) is 14.5 Å². The van der Waals surface area contributed by atoms with Gasteiger partial charge in [-0.3, -0.25) is 4.98 Å². The average Bonchev–Trinajstić information content (AvgIpc) is 2.90. The van der Waals surface area contributed by atoms with Gasteiger partial charge in [-0.2, -0.15) is 26.3 Å². The Morgan fingerprint density at radius 1 is 1.00 bits per heavy atom. The van der Waals surface area contributed by atoms with Crippen LogP contribution in [0.4, 0.5) is 26.3 Å². The average molecular weight is 405 g/mol. The Morgan fingerprint density at radius 2 is 1.67 bits per heavy atom. The van der Waals surface area contributed by atoms with E-state index in [1.165, 1.54) is 10.6 Å². The number of benzene rings is 1. The summed E-state index contributed by atoms with van der Waals surface area (Å²) in [6.45, 7) is 1.78. The zero-order valence-corrected chi connectivity index (χ0v) is 14.9. The van der Waals surface area contributed by atoms with E-state index in [0.717, 1.165) is 30.0 Å². The van der Waals surface area contributed by atoms with Crippen LogP contribution in [0, 0.1) is 0 Å². The summed E-state index contributed by atoms with van der Waals surface area (Å²) < 4.78 is 79.2. The van der Waals surface area contributed by atoms with E-state index in [4.69, 9.17) is 0 Å². The lowest BCUT2D eigenvalue weighted by Crippen LogP contribution is -2.07. The molecule has 0 saturated heterocycles. The molecule has 10 heteroatoms. The number of imidazole rings is 1.